The number of thiazole rings is 1. The molecular formula is C17H14N2O4S. The van der Waals surface area contributed by atoms with Crippen molar-refractivity contribution in [3.8, 4) is 11.5 Å². The minimum atomic E-state index is -0.309. The van der Waals surface area contributed by atoms with Crippen molar-refractivity contribution in [1.82, 2.24) is 10.3 Å². The molecule has 0 aliphatic carbocycles. The number of benzene rings is 1. The fourth-order valence-electron chi connectivity index (χ4n) is 2.35. The topological polar surface area (TPSA) is 73.6 Å². The highest BCUT2D eigenvalue weighted by atomic mass is 32.1. The molecule has 24 heavy (non-hydrogen) atoms. The van der Waals surface area contributed by atoms with Gasteiger partial charge in [-0.15, -0.1) is 11.3 Å². The molecule has 6 nitrogen and oxygen atoms in total. The molecule has 7 heteroatoms. The second-order valence-corrected chi connectivity index (χ2v) is 6.09. The molecule has 1 aliphatic heterocycles. The maximum atomic E-state index is 12.2. The number of furan rings is 1. The zero-order valence-corrected chi connectivity index (χ0v) is 13.4. The van der Waals surface area contributed by atoms with Crippen molar-refractivity contribution in [3.63, 3.8) is 0 Å². The van der Waals surface area contributed by atoms with E-state index < -0.39 is 0 Å². The van der Waals surface area contributed by atoms with E-state index in [9.17, 15) is 4.79 Å². The van der Waals surface area contributed by atoms with Crippen molar-refractivity contribution in [2.24, 2.45) is 0 Å². The lowest BCUT2D eigenvalue weighted by Crippen LogP contribution is -2.24. The van der Waals surface area contributed by atoms with E-state index in [1.165, 1.54) is 11.3 Å². The van der Waals surface area contributed by atoms with Gasteiger partial charge in [0.1, 0.15) is 23.1 Å². The van der Waals surface area contributed by atoms with E-state index in [2.05, 4.69) is 10.3 Å². The van der Waals surface area contributed by atoms with Crippen molar-refractivity contribution < 1.29 is 18.7 Å². The first-order chi connectivity index (χ1) is 11.8. The molecule has 1 aliphatic rings. The largest absolute Gasteiger partial charge is 0.485 e. The van der Waals surface area contributed by atoms with Crippen LogP contribution in [0, 0.1) is 0 Å². The Labute approximate surface area is 142 Å². The summed E-state index contributed by atoms with van der Waals surface area (Å²) in [5.41, 5.74) is 0.365. The van der Waals surface area contributed by atoms with Crippen LogP contribution < -0.4 is 14.8 Å². The van der Waals surface area contributed by atoms with Gasteiger partial charge in [0.2, 0.25) is 0 Å². The van der Waals surface area contributed by atoms with Crippen molar-refractivity contribution in [1.29, 1.82) is 0 Å². The molecule has 0 saturated carbocycles. The molecule has 0 fully saturated rings. The van der Waals surface area contributed by atoms with Crippen LogP contribution in [0.1, 0.15) is 27.4 Å². The molecular weight excluding hydrogens is 328 g/mol. The standard InChI is InChI=1S/C17H14N2O4S/c20-16(18-8-11-4-3-7-21-11)12-10-24-17(19-12)15-9-22-13-5-1-2-6-14(13)23-15/h1-7,10,15H,8-9H2,(H,18,20)/t15-/m0/s1. The Bertz CT molecular complexity index is 844. The van der Waals surface area contributed by atoms with Crippen LogP contribution in [0.4, 0.5) is 0 Å². The molecule has 3 aromatic rings. The van der Waals surface area contributed by atoms with Gasteiger partial charge in [0, 0.05) is 5.38 Å². The van der Waals surface area contributed by atoms with Crippen LogP contribution in [-0.2, 0) is 6.54 Å². The second kappa shape index (κ2) is 6.37. The molecule has 1 N–H and O–H groups in total. The third-order valence-corrected chi connectivity index (χ3v) is 4.48. The molecule has 3 heterocycles. The highest BCUT2D eigenvalue weighted by Crippen LogP contribution is 2.36. The average Bonchev–Trinajstić information content (AvgIpc) is 3.31. The van der Waals surface area contributed by atoms with E-state index in [0.29, 0.717) is 35.4 Å². The van der Waals surface area contributed by atoms with E-state index in [1.54, 1.807) is 23.8 Å². The van der Waals surface area contributed by atoms with Gasteiger partial charge in [0.15, 0.2) is 17.6 Å². The third-order valence-electron chi connectivity index (χ3n) is 3.54. The number of hydrogen-bond donors (Lipinski definition) is 1. The summed E-state index contributed by atoms with van der Waals surface area (Å²) < 4.78 is 16.8. The summed E-state index contributed by atoms with van der Waals surface area (Å²) in [6.07, 6.45) is 1.26. The summed E-state index contributed by atoms with van der Waals surface area (Å²) in [6, 6.07) is 11.1. The number of nitrogens with zero attached hydrogens (tertiary/aromatic N) is 1. The lowest BCUT2D eigenvalue weighted by atomic mass is 10.2. The van der Waals surface area contributed by atoms with Crippen LogP contribution in [0.2, 0.25) is 0 Å². The highest BCUT2D eigenvalue weighted by Gasteiger charge is 2.25. The van der Waals surface area contributed by atoms with Gasteiger partial charge in [0.25, 0.3) is 5.91 Å². The van der Waals surface area contributed by atoms with Crippen molar-refractivity contribution in [3.05, 3.63) is 64.5 Å². The van der Waals surface area contributed by atoms with Crippen LogP contribution in [-0.4, -0.2) is 17.5 Å². The minimum Gasteiger partial charge on any atom is -0.485 e. The van der Waals surface area contributed by atoms with Crippen molar-refractivity contribution >= 4 is 17.2 Å². The monoisotopic (exact) mass is 342 g/mol. The summed E-state index contributed by atoms with van der Waals surface area (Å²) >= 11 is 1.38. The maximum absolute atomic E-state index is 12.2. The number of carbonyl (C=O) groups is 1. The van der Waals surface area contributed by atoms with Crippen LogP contribution in [0.25, 0.3) is 0 Å². The van der Waals surface area contributed by atoms with Gasteiger partial charge in [-0.1, -0.05) is 12.1 Å². The number of fused-ring (bicyclic) bond motifs is 1. The van der Waals surface area contributed by atoms with Crippen molar-refractivity contribution in [2.75, 3.05) is 6.61 Å². The molecule has 2 aromatic heterocycles. The number of para-hydroxylation sites is 2. The predicted molar refractivity (Wildman–Crippen MR) is 87.3 cm³/mol. The first-order valence-electron chi connectivity index (χ1n) is 7.44. The molecule has 0 unspecified atom stereocenters. The molecule has 0 bridgehead atoms. The number of rotatable bonds is 4. The smallest absolute Gasteiger partial charge is 0.271 e. The van der Waals surface area contributed by atoms with Crippen LogP contribution in [0.15, 0.2) is 52.5 Å². The lowest BCUT2D eigenvalue weighted by Gasteiger charge is -2.24. The van der Waals surface area contributed by atoms with Gasteiger partial charge in [-0.25, -0.2) is 4.98 Å². The van der Waals surface area contributed by atoms with Gasteiger partial charge >= 0.3 is 0 Å². The van der Waals surface area contributed by atoms with Gasteiger partial charge in [-0.2, -0.15) is 0 Å². The SMILES string of the molecule is O=C(NCc1ccco1)c1csc([C@@H]2COc3ccccc3O2)n1. The van der Waals surface area contributed by atoms with Gasteiger partial charge in [-0.3, -0.25) is 4.79 Å². The minimum absolute atomic E-state index is 0.244. The third kappa shape index (κ3) is 2.98. The normalized spacial score (nSPS) is 15.9. The Morgan fingerprint density at radius 1 is 1.25 bits per heavy atom. The number of amides is 1. The van der Waals surface area contributed by atoms with Crippen LogP contribution in [0.5, 0.6) is 11.5 Å². The average molecular weight is 342 g/mol. The number of nitrogens with one attached hydrogen (secondary N) is 1. The number of ether oxygens (including phenoxy) is 2. The van der Waals surface area contributed by atoms with E-state index in [-0.39, 0.29) is 12.0 Å². The van der Waals surface area contributed by atoms with Gasteiger partial charge in [-0.05, 0) is 24.3 Å². The Kier molecular flexibility index (Phi) is 3.92. The quantitative estimate of drug-likeness (QED) is 0.788. The first-order valence-corrected chi connectivity index (χ1v) is 8.32. The molecule has 1 amide bonds. The van der Waals surface area contributed by atoms with Gasteiger partial charge in [0.05, 0.1) is 12.8 Å². The van der Waals surface area contributed by atoms with Crippen LogP contribution in [0.3, 0.4) is 0 Å². The number of carbonyl (C=O) groups excluding carboxylic acids is 1. The van der Waals surface area contributed by atoms with Crippen LogP contribution >= 0.6 is 11.3 Å². The van der Waals surface area contributed by atoms with Gasteiger partial charge < -0.3 is 19.2 Å². The molecule has 0 saturated heterocycles. The second-order valence-electron chi connectivity index (χ2n) is 5.20. The van der Waals surface area contributed by atoms with E-state index in [4.69, 9.17) is 13.9 Å². The fraction of sp³-hybridized carbons (Fsp3) is 0.176. The number of aromatic nitrogens is 1. The Morgan fingerprint density at radius 2 is 2.12 bits per heavy atom. The Balaban J connectivity index is 1.42. The highest BCUT2D eigenvalue weighted by molar-refractivity contribution is 7.09. The molecule has 0 spiro atoms. The molecule has 122 valence electrons. The number of hydrogen-bond acceptors (Lipinski definition) is 6. The fourth-order valence-corrected chi connectivity index (χ4v) is 3.16. The summed E-state index contributed by atoms with van der Waals surface area (Å²) in [5, 5.41) is 5.21. The predicted octanol–water partition coefficient (Wildman–Crippen LogP) is 3.18. The van der Waals surface area contributed by atoms with Crippen molar-refractivity contribution in [2.45, 2.75) is 12.6 Å². The summed E-state index contributed by atoms with van der Waals surface area (Å²) in [7, 11) is 0. The summed E-state index contributed by atoms with van der Waals surface area (Å²) in [6.45, 7) is 0.701. The molecule has 4 rings (SSSR count). The van der Waals surface area contributed by atoms with E-state index >= 15 is 0 Å². The zero-order valence-electron chi connectivity index (χ0n) is 12.6. The molecule has 1 aromatic carbocycles. The lowest BCUT2D eigenvalue weighted by molar-refractivity contribution is 0.0897. The summed E-state index contributed by atoms with van der Waals surface area (Å²) in [4.78, 5) is 16.5. The van der Waals surface area contributed by atoms with E-state index in [1.807, 2.05) is 24.3 Å². The summed E-state index contributed by atoms with van der Waals surface area (Å²) in [5.74, 6) is 1.86. The molecule has 0 radical (unpaired) electrons. The molecule has 1 atom stereocenters. The Morgan fingerprint density at radius 3 is 2.96 bits per heavy atom. The maximum Gasteiger partial charge on any atom is 0.271 e. The Hall–Kier alpha value is -2.80. The first kappa shape index (κ1) is 14.8. The zero-order chi connectivity index (χ0) is 16.4. The van der Waals surface area contributed by atoms with E-state index in [0.717, 1.165) is 5.75 Å².